The summed E-state index contributed by atoms with van der Waals surface area (Å²) in [5.74, 6) is -0.193. The van der Waals surface area contributed by atoms with Crippen LogP contribution in [0.2, 0.25) is 0 Å². The summed E-state index contributed by atoms with van der Waals surface area (Å²) in [7, 11) is 0. The predicted octanol–water partition coefficient (Wildman–Crippen LogP) is 6.11. The lowest BCUT2D eigenvalue weighted by Gasteiger charge is -2.20. The second-order valence-corrected chi connectivity index (χ2v) is 8.48. The molecule has 0 aliphatic carbocycles. The topological polar surface area (TPSA) is 125 Å². The number of anilines is 2. The van der Waals surface area contributed by atoms with Crippen molar-refractivity contribution in [1.29, 1.82) is 10.5 Å². The SMILES string of the molecule is CC(C)(C)OC(=O)Nc1cccc(-c2nc(N)c(C#N)c(-c3ccc(C(F)(F)F)cc3)c2C#N)c1. The Morgan fingerprint density at radius 3 is 2.17 bits per heavy atom. The number of aromatic nitrogens is 1. The molecule has 0 bridgehead atoms. The van der Waals surface area contributed by atoms with E-state index in [1.54, 1.807) is 39.0 Å². The van der Waals surface area contributed by atoms with Crippen molar-refractivity contribution < 1.29 is 22.7 Å². The van der Waals surface area contributed by atoms with Crippen molar-refractivity contribution in [3.63, 3.8) is 0 Å². The molecule has 0 aliphatic heterocycles. The molecule has 0 fully saturated rings. The number of nitriles is 2. The third kappa shape index (κ3) is 5.68. The number of amides is 1. The van der Waals surface area contributed by atoms with E-state index in [1.807, 2.05) is 12.1 Å². The number of hydrogen-bond donors (Lipinski definition) is 2. The number of nitrogens with zero attached hydrogens (tertiary/aromatic N) is 3. The first-order chi connectivity index (χ1) is 16.3. The summed E-state index contributed by atoms with van der Waals surface area (Å²) in [6, 6.07) is 14.3. The van der Waals surface area contributed by atoms with Crippen LogP contribution in [0.1, 0.15) is 37.5 Å². The first-order valence-electron chi connectivity index (χ1n) is 10.3. The number of pyridine rings is 1. The number of alkyl halides is 3. The molecule has 0 saturated heterocycles. The van der Waals surface area contributed by atoms with E-state index in [0.29, 0.717) is 11.3 Å². The summed E-state index contributed by atoms with van der Waals surface area (Å²) in [4.78, 5) is 16.4. The Morgan fingerprint density at radius 2 is 1.63 bits per heavy atom. The van der Waals surface area contributed by atoms with Crippen LogP contribution < -0.4 is 11.1 Å². The summed E-state index contributed by atoms with van der Waals surface area (Å²) in [6.07, 6.45) is -5.23. The fourth-order valence-electron chi connectivity index (χ4n) is 3.31. The number of benzene rings is 2. The molecule has 0 aliphatic rings. The van der Waals surface area contributed by atoms with E-state index in [4.69, 9.17) is 10.5 Å². The zero-order valence-corrected chi connectivity index (χ0v) is 19.0. The van der Waals surface area contributed by atoms with Crippen LogP contribution in [0.25, 0.3) is 22.4 Å². The highest BCUT2D eigenvalue weighted by atomic mass is 19.4. The molecule has 0 saturated carbocycles. The van der Waals surface area contributed by atoms with Gasteiger partial charge < -0.3 is 10.5 Å². The average molecular weight is 479 g/mol. The number of hydrogen-bond acceptors (Lipinski definition) is 6. The molecular formula is C25H20F3N5O2. The Kier molecular flexibility index (Phi) is 6.70. The number of carbonyl (C=O) groups is 1. The number of halogens is 3. The minimum absolute atomic E-state index is 0.0510. The van der Waals surface area contributed by atoms with Gasteiger partial charge >= 0.3 is 12.3 Å². The van der Waals surface area contributed by atoms with Crippen molar-refractivity contribution in [2.45, 2.75) is 32.5 Å². The van der Waals surface area contributed by atoms with Gasteiger partial charge in [0.05, 0.1) is 16.8 Å². The number of rotatable bonds is 3. The summed E-state index contributed by atoms with van der Waals surface area (Å²) < 4.78 is 44.3. The van der Waals surface area contributed by atoms with Gasteiger partial charge in [0.25, 0.3) is 0 Å². The summed E-state index contributed by atoms with van der Waals surface area (Å²) in [6.45, 7) is 5.15. The van der Waals surface area contributed by atoms with Crippen molar-refractivity contribution in [2.24, 2.45) is 0 Å². The minimum atomic E-state index is -4.54. The lowest BCUT2D eigenvalue weighted by molar-refractivity contribution is -0.137. The zero-order chi connectivity index (χ0) is 26.0. The monoisotopic (exact) mass is 479 g/mol. The van der Waals surface area contributed by atoms with Crippen molar-refractivity contribution in [1.82, 2.24) is 4.98 Å². The van der Waals surface area contributed by atoms with Gasteiger partial charge in [-0.05, 0) is 50.6 Å². The molecule has 3 aromatic rings. The minimum Gasteiger partial charge on any atom is -0.444 e. The molecule has 0 spiro atoms. The van der Waals surface area contributed by atoms with Crippen molar-refractivity contribution in [3.05, 3.63) is 65.2 Å². The van der Waals surface area contributed by atoms with Gasteiger partial charge in [0.15, 0.2) is 0 Å². The van der Waals surface area contributed by atoms with Crippen LogP contribution in [0, 0.1) is 22.7 Å². The highest BCUT2D eigenvalue weighted by Gasteiger charge is 2.30. The Morgan fingerprint density at radius 1 is 1.00 bits per heavy atom. The van der Waals surface area contributed by atoms with Gasteiger partial charge in [-0.15, -0.1) is 0 Å². The van der Waals surface area contributed by atoms with Crippen molar-refractivity contribution in [3.8, 4) is 34.5 Å². The molecule has 35 heavy (non-hydrogen) atoms. The molecule has 0 unspecified atom stereocenters. The van der Waals surface area contributed by atoms with Crippen LogP contribution >= 0.6 is 0 Å². The fourth-order valence-corrected chi connectivity index (χ4v) is 3.31. The summed E-state index contributed by atoms with van der Waals surface area (Å²) >= 11 is 0. The van der Waals surface area contributed by atoms with E-state index in [1.165, 1.54) is 18.2 Å². The Hall–Kier alpha value is -4.57. The van der Waals surface area contributed by atoms with Gasteiger partial charge in [-0.25, -0.2) is 9.78 Å². The van der Waals surface area contributed by atoms with E-state index in [-0.39, 0.29) is 33.8 Å². The lowest BCUT2D eigenvalue weighted by Crippen LogP contribution is -2.27. The maximum Gasteiger partial charge on any atom is 0.416 e. The van der Waals surface area contributed by atoms with Gasteiger partial charge in [0.2, 0.25) is 0 Å². The van der Waals surface area contributed by atoms with E-state index >= 15 is 0 Å². The molecule has 0 atom stereocenters. The Labute approximate surface area is 199 Å². The zero-order valence-electron chi connectivity index (χ0n) is 19.0. The molecule has 1 amide bonds. The van der Waals surface area contributed by atoms with Crippen molar-refractivity contribution in [2.75, 3.05) is 11.1 Å². The fraction of sp³-hybridized carbons (Fsp3) is 0.200. The second-order valence-electron chi connectivity index (χ2n) is 8.48. The third-order valence-corrected chi connectivity index (χ3v) is 4.73. The molecular weight excluding hydrogens is 459 g/mol. The van der Waals surface area contributed by atoms with Gasteiger partial charge in [-0.2, -0.15) is 23.7 Å². The first-order valence-corrected chi connectivity index (χ1v) is 10.3. The third-order valence-electron chi connectivity index (χ3n) is 4.73. The number of ether oxygens (including phenoxy) is 1. The van der Waals surface area contributed by atoms with E-state index in [2.05, 4.69) is 10.3 Å². The van der Waals surface area contributed by atoms with E-state index in [0.717, 1.165) is 12.1 Å². The standard InChI is InChI=1S/C25H20F3N5O2/c1-24(2,3)35-23(34)32-17-6-4-5-15(11-17)21-18(12-29)20(19(13-30)22(31)33-21)14-7-9-16(10-8-14)25(26,27)28/h4-11H,1-3H3,(H2,31,33)(H,32,34). The molecule has 178 valence electrons. The van der Waals surface area contributed by atoms with Crippen LogP contribution in [-0.2, 0) is 10.9 Å². The van der Waals surface area contributed by atoms with Crippen LogP contribution in [0.15, 0.2) is 48.5 Å². The quantitative estimate of drug-likeness (QED) is 0.467. The molecule has 3 rings (SSSR count). The lowest BCUT2D eigenvalue weighted by atomic mass is 9.92. The molecule has 0 radical (unpaired) electrons. The van der Waals surface area contributed by atoms with E-state index < -0.39 is 23.4 Å². The molecule has 1 aromatic heterocycles. The number of nitrogens with two attached hydrogens (primary N) is 1. The molecule has 2 aromatic carbocycles. The van der Waals surface area contributed by atoms with E-state index in [9.17, 15) is 28.5 Å². The van der Waals surface area contributed by atoms with Crippen molar-refractivity contribution >= 4 is 17.6 Å². The van der Waals surface area contributed by atoms with Crippen LogP contribution in [0.4, 0.5) is 29.5 Å². The van der Waals surface area contributed by atoms with Gasteiger partial charge in [0.1, 0.15) is 29.1 Å². The predicted molar refractivity (Wildman–Crippen MR) is 124 cm³/mol. The normalized spacial score (nSPS) is 11.3. The average Bonchev–Trinajstić information content (AvgIpc) is 2.76. The number of carbonyl (C=O) groups excluding carboxylic acids is 1. The smallest absolute Gasteiger partial charge is 0.416 e. The van der Waals surface area contributed by atoms with Crippen LogP contribution in [0.3, 0.4) is 0 Å². The molecule has 1 heterocycles. The van der Waals surface area contributed by atoms with Gasteiger partial charge in [-0.3, -0.25) is 5.32 Å². The number of nitrogen functional groups attached to an aromatic ring is 1. The maximum absolute atomic E-state index is 13.0. The maximum atomic E-state index is 13.0. The highest BCUT2D eigenvalue weighted by Crippen LogP contribution is 2.38. The van der Waals surface area contributed by atoms with Gasteiger partial charge in [-0.1, -0.05) is 24.3 Å². The first kappa shape index (κ1) is 25.1. The molecule has 3 N–H and O–H groups in total. The Bertz CT molecular complexity index is 1360. The number of nitrogens with one attached hydrogen (secondary N) is 1. The Balaban J connectivity index is 2.14. The highest BCUT2D eigenvalue weighted by molar-refractivity contribution is 5.89. The van der Waals surface area contributed by atoms with Crippen LogP contribution in [0.5, 0.6) is 0 Å². The summed E-state index contributed by atoms with van der Waals surface area (Å²) in [5, 5.41) is 22.2. The van der Waals surface area contributed by atoms with Gasteiger partial charge in [0, 0.05) is 16.8 Å². The second kappa shape index (κ2) is 9.35. The molecule has 10 heteroatoms. The van der Waals surface area contributed by atoms with Crippen LogP contribution in [-0.4, -0.2) is 16.7 Å². The molecule has 7 nitrogen and oxygen atoms in total. The largest absolute Gasteiger partial charge is 0.444 e. The summed E-state index contributed by atoms with van der Waals surface area (Å²) in [5.41, 5.74) is 5.34.